The summed E-state index contributed by atoms with van der Waals surface area (Å²) >= 11 is 3.45. The second-order valence-corrected chi connectivity index (χ2v) is 9.97. The maximum Gasteiger partial charge on any atom is 0.264 e. The first-order valence-electron chi connectivity index (χ1n) is 11.7. The molecule has 6 nitrogen and oxygen atoms in total. The van der Waals surface area contributed by atoms with E-state index in [1.807, 2.05) is 48.5 Å². The summed E-state index contributed by atoms with van der Waals surface area (Å²) in [6.45, 7) is 1.13. The first kappa shape index (κ1) is 22.8. The van der Waals surface area contributed by atoms with Crippen molar-refractivity contribution < 1.29 is 24.2 Å². The lowest BCUT2D eigenvalue weighted by Gasteiger charge is -2.23. The summed E-state index contributed by atoms with van der Waals surface area (Å²) in [6, 6.07) is 24.3. The lowest BCUT2D eigenvalue weighted by atomic mass is 9.88. The second kappa shape index (κ2) is 8.76. The van der Waals surface area contributed by atoms with Gasteiger partial charge >= 0.3 is 0 Å². The Morgan fingerprint density at radius 3 is 2.53 bits per heavy atom. The van der Waals surface area contributed by atoms with Crippen LogP contribution in [0, 0.1) is 0 Å². The number of hydrogen-bond donors (Lipinski definition) is 1. The molecule has 0 bridgehead atoms. The van der Waals surface area contributed by atoms with Crippen LogP contribution in [0.4, 0.5) is 5.69 Å². The highest BCUT2D eigenvalue weighted by Crippen LogP contribution is 2.45. The van der Waals surface area contributed by atoms with Gasteiger partial charge in [0.1, 0.15) is 13.2 Å². The zero-order valence-corrected chi connectivity index (χ0v) is 20.8. The molecule has 2 aliphatic heterocycles. The Kier molecular flexibility index (Phi) is 5.54. The van der Waals surface area contributed by atoms with E-state index in [0.717, 1.165) is 16.3 Å². The number of nitrogens with zero attached hydrogens (tertiary/aromatic N) is 1. The topological polar surface area (TPSA) is 76.1 Å². The molecular formula is C29H22BrNO5. The van der Waals surface area contributed by atoms with Crippen LogP contribution in [0.1, 0.15) is 27.9 Å². The fourth-order valence-corrected chi connectivity index (χ4v) is 5.28. The number of ketones is 1. The van der Waals surface area contributed by atoms with Crippen molar-refractivity contribution in [1.29, 1.82) is 0 Å². The molecule has 0 aliphatic carbocycles. The molecule has 180 valence electrons. The number of halogens is 1. The molecule has 4 aromatic rings. The summed E-state index contributed by atoms with van der Waals surface area (Å²) in [5.74, 6) is 0.179. The maximum atomic E-state index is 13.7. The average molecular weight is 544 g/mol. The SMILES string of the molecule is O=C(CC1(O)C(=O)N(Cc2ccc3ccccc3c2)c2ccc(Br)cc21)c1ccc2c(c1)OCCO2. The van der Waals surface area contributed by atoms with Gasteiger partial charge in [0.15, 0.2) is 22.9 Å². The van der Waals surface area contributed by atoms with Crippen LogP contribution in [0.5, 0.6) is 11.5 Å². The number of carbonyl (C=O) groups is 2. The quantitative estimate of drug-likeness (QED) is 0.342. The molecule has 0 saturated heterocycles. The van der Waals surface area contributed by atoms with E-state index >= 15 is 0 Å². The van der Waals surface area contributed by atoms with E-state index in [-0.39, 0.29) is 18.7 Å². The van der Waals surface area contributed by atoms with Crippen molar-refractivity contribution in [3.8, 4) is 11.5 Å². The van der Waals surface area contributed by atoms with Gasteiger partial charge in [-0.15, -0.1) is 0 Å². The zero-order chi connectivity index (χ0) is 24.9. The molecule has 0 saturated carbocycles. The minimum Gasteiger partial charge on any atom is -0.486 e. The summed E-state index contributed by atoms with van der Waals surface area (Å²) < 4.78 is 11.8. The van der Waals surface area contributed by atoms with Crippen LogP contribution in [-0.4, -0.2) is 30.0 Å². The minimum atomic E-state index is -1.99. The largest absolute Gasteiger partial charge is 0.486 e. The van der Waals surface area contributed by atoms with Crippen LogP contribution >= 0.6 is 15.9 Å². The van der Waals surface area contributed by atoms with Gasteiger partial charge in [-0.2, -0.15) is 0 Å². The standard InChI is InChI=1S/C29H22BrNO5/c30-22-8-9-24-23(15-22)29(34,16-25(32)21-7-10-26-27(14-21)36-12-11-35-26)28(33)31(24)17-18-5-6-19-3-1-2-4-20(19)13-18/h1-10,13-15,34H,11-12,16-17H2. The Labute approximate surface area is 216 Å². The van der Waals surface area contributed by atoms with Crippen LogP contribution in [0.25, 0.3) is 10.8 Å². The Bertz CT molecular complexity index is 1530. The van der Waals surface area contributed by atoms with Gasteiger partial charge in [0.05, 0.1) is 18.7 Å². The lowest BCUT2D eigenvalue weighted by molar-refractivity contribution is -0.136. The van der Waals surface area contributed by atoms with Crippen LogP contribution in [0.15, 0.2) is 83.3 Å². The molecule has 0 radical (unpaired) electrons. The van der Waals surface area contributed by atoms with Gasteiger partial charge < -0.3 is 19.5 Å². The number of anilines is 1. The molecule has 0 aromatic heterocycles. The zero-order valence-electron chi connectivity index (χ0n) is 19.2. The Balaban J connectivity index is 1.33. The maximum absolute atomic E-state index is 13.7. The summed E-state index contributed by atoms with van der Waals surface area (Å²) in [7, 11) is 0. The highest BCUT2D eigenvalue weighted by molar-refractivity contribution is 9.10. The predicted molar refractivity (Wildman–Crippen MR) is 140 cm³/mol. The van der Waals surface area contributed by atoms with Crippen molar-refractivity contribution in [2.45, 2.75) is 18.6 Å². The smallest absolute Gasteiger partial charge is 0.264 e. The number of hydrogen-bond acceptors (Lipinski definition) is 5. The molecule has 2 heterocycles. The van der Waals surface area contributed by atoms with Crippen molar-refractivity contribution in [2.24, 2.45) is 0 Å². The number of fused-ring (bicyclic) bond motifs is 3. The molecule has 0 fully saturated rings. The first-order chi connectivity index (χ1) is 17.4. The van der Waals surface area contributed by atoms with Gasteiger partial charge in [0.25, 0.3) is 5.91 Å². The number of ether oxygens (including phenoxy) is 2. The molecular weight excluding hydrogens is 522 g/mol. The molecule has 4 aromatic carbocycles. The number of carbonyl (C=O) groups excluding carboxylic acids is 2. The van der Waals surface area contributed by atoms with Crippen LogP contribution in [0.2, 0.25) is 0 Å². The van der Waals surface area contributed by atoms with Crippen molar-refractivity contribution in [2.75, 3.05) is 18.1 Å². The number of rotatable bonds is 5. The summed E-state index contributed by atoms with van der Waals surface area (Å²) in [5, 5.41) is 13.9. The average Bonchev–Trinajstić information content (AvgIpc) is 3.09. The van der Waals surface area contributed by atoms with E-state index in [1.165, 1.54) is 0 Å². The van der Waals surface area contributed by atoms with Gasteiger partial charge in [-0.05, 0) is 58.8 Å². The molecule has 36 heavy (non-hydrogen) atoms. The van der Waals surface area contributed by atoms with E-state index < -0.39 is 11.5 Å². The third-order valence-corrected chi connectivity index (χ3v) is 7.22. The number of aliphatic hydroxyl groups is 1. The fraction of sp³-hybridized carbons (Fsp3) is 0.172. The lowest BCUT2D eigenvalue weighted by Crippen LogP contribution is -2.41. The van der Waals surface area contributed by atoms with Crippen molar-refractivity contribution in [3.63, 3.8) is 0 Å². The van der Waals surface area contributed by atoms with E-state index in [0.29, 0.717) is 46.0 Å². The fourth-order valence-electron chi connectivity index (χ4n) is 4.92. The summed E-state index contributed by atoms with van der Waals surface area (Å²) in [4.78, 5) is 28.6. The van der Waals surface area contributed by atoms with Gasteiger partial charge in [-0.1, -0.05) is 52.3 Å². The van der Waals surface area contributed by atoms with E-state index in [2.05, 4.69) is 15.9 Å². The molecule has 1 unspecified atom stereocenters. The molecule has 1 N–H and O–H groups in total. The first-order valence-corrected chi connectivity index (χ1v) is 12.5. The van der Waals surface area contributed by atoms with Gasteiger partial charge in [0, 0.05) is 15.6 Å². The Hall–Kier alpha value is -3.68. The third kappa shape index (κ3) is 3.85. The molecule has 7 heteroatoms. The van der Waals surface area contributed by atoms with Crippen molar-refractivity contribution in [1.82, 2.24) is 0 Å². The monoisotopic (exact) mass is 543 g/mol. The molecule has 1 atom stereocenters. The highest BCUT2D eigenvalue weighted by Gasteiger charge is 2.51. The normalized spacial score (nSPS) is 18.4. The third-order valence-electron chi connectivity index (χ3n) is 6.73. The van der Waals surface area contributed by atoms with Gasteiger partial charge in [-0.3, -0.25) is 9.59 Å². The van der Waals surface area contributed by atoms with Gasteiger partial charge in [0.2, 0.25) is 0 Å². The van der Waals surface area contributed by atoms with E-state index in [9.17, 15) is 14.7 Å². The molecule has 1 amide bonds. The predicted octanol–water partition coefficient (Wildman–Crippen LogP) is 5.38. The van der Waals surface area contributed by atoms with Gasteiger partial charge in [-0.25, -0.2) is 0 Å². The Morgan fingerprint density at radius 1 is 0.917 bits per heavy atom. The molecule has 0 spiro atoms. The number of Topliss-reactive ketones (excluding diaryl/α,β-unsaturated/α-hetero) is 1. The van der Waals surface area contributed by atoms with Crippen LogP contribution < -0.4 is 14.4 Å². The summed E-state index contributed by atoms with van der Waals surface area (Å²) in [5.41, 5.74) is 0.297. The van der Waals surface area contributed by atoms with E-state index in [1.54, 1.807) is 35.2 Å². The molecule has 2 aliphatic rings. The highest BCUT2D eigenvalue weighted by atomic mass is 79.9. The summed E-state index contributed by atoms with van der Waals surface area (Å²) in [6.07, 6.45) is -0.386. The van der Waals surface area contributed by atoms with Crippen molar-refractivity contribution >= 4 is 44.1 Å². The van der Waals surface area contributed by atoms with E-state index in [4.69, 9.17) is 9.47 Å². The Morgan fingerprint density at radius 2 is 1.69 bits per heavy atom. The van der Waals surface area contributed by atoms with Crippen LogP contribution in [0.3, 0.4) is 0 Å². The van der Waals surface area contributed by atoms with Crippen LogP contribution in [-0.2, 0) is 16.9 Å². The number of amides is 1. The minimum absolute atomic E-state index is 0.277. The van der Waals surface area contributed by atoms with Crippen molar-refractivity contribution in [3.05, 3.63) is 100 Å². The second-order valence-electron chi connectivity index (χ2n) is 9.05. The molecule has 6 rings (SSSR count). The number of benzene rings is 4.